The first-order valence-electron chi connectivity index (χ1n) is 7.19. The number of carbonyl (C=O) groups excluding carboxylic acids is 1. The van der Waals surface area contributed by atoms with E-state index in [4.69, 9.17) is 16.3 Å². The highest BCUT2D eigenvalue weighted by Crippen LogP contribution is 2.21. The van der Waals surface area contributed by atoms with E-state index in [0.717, 1.165) is 37.2 Å². The first-order chi connectivity index (χ1) is 9.72. The SMILES string of the molecule is COc1ccc(CC(=O)N2CCCC(CCCl)C2)cc1. The molecule has 1 aromatic rings. The predicted molar refractivity (Wildman–Crippen MR) is 81.3 cm³/mol. The molecule has 1 amide bonds. The topological polar surface area (TPSA) is 29.5 Å². The van der Waals surface area contributed by atoms with Gasteiger partial charge in [-0.25, -0.2) is 0 Å². The zero-order chi connectivity index (χ0) is 14.4. The number of halogens is 1. The number of hydrogen-bond acceptors (Lipinski definition) is 2. The summed E-state index contributed by atoms with van der Waals surface area (Å²) in [6.45, 7) is 1.75. The van der Waals surface area contributed by atoms with Gasteiger partial charge in [-0.1, -0.05) is 12.1 Å². The second kappa shape index (κ2) is 7.53. The second-order valence-electron chi connectivity index (χ2n) is 5.35. The zero-order valence-corrected chi connectivity index (χ0v) is 12.7. The number of amides is 1. The summed E-state index contributed by atoms with van der Waals surface area (Å²) in [7, 11) is 1.64. The van der Waals surface area contributed by atoms with Crippen LogP contribution in [0.25, 0.3) is 0 Å². The summed E-state index contributed by atoms with van der Waals surface area (Å²) in [5.74, 6) is 2.29. The molecule has 0 bridgehead atoms. The van der Waals surface area contributed by atoms with Crippen LogP contribution < -0.4 is 4.74 Å². The van der Waals surface area contributed by atoms with E-state index in [1.54, 1.807) is 7.11 Å². The van der Waals surface area contributed by atoms with E-state index in [0.29, 0.717) is 18.2 Å². The van der Waals surface area contributed by atoms with E-state index in [1.165, 1.54) is 6.42 Å². The highest BCUT2D eigenvalue weighted by Gasteiger charge is 2.23. The van der Waals surface area contributed by atoms with Crippen molar-refractivity contribution in [1.82, 2.24) is 4.90 Å². The Morgan fingerprint density at radius 3 is 2.80 bits per heavy atom. The Morgan fingerprint density at radius 1 is 1.40 bits per heavy atom. The Bertz CT molecular complexity index is 431. The number of hydrogen-bond donors (Lipinski definition) is 0. The molecule has 1 unspecified atom stereocenters. The quantitative estimate of drug-likeness (QED) is 0.781. The van der Waals surface area contributed by atoms with Crippen molar-refractivity contribution in [2.45, 2.75) is 25.7 Å². The van der Waals surface area contributed by atoms with Gasteiger partial charge in [0.05, 0.1) is 13.5 Å². The van der Waals surface area contributed by atoms with Crippen LogP contribution in [0.5, 0.6) is 5.75 Å². The summed E-state index contributed by atoms with van der Waals surface area (Å²) in [4.78, 5) is 14.3. The molecule has 0 radical (unpaired) electrons. The first kappa shape index (κ1) is 15.2. The van der Waals surface area contributed by atoms with Crippen LogP contribution in [0.1, 0.15) is 24.8 Å². The standard InChI is InChI=1S/C16H22ClNO2/c1-20-15-6-4-13(5-7-15)11-16(19)18-10-2-3-14(12-18)8-9-17/h4-7,14H,2-3,8-12H2,1H3. The first-order valence-corrected chi connectivity index (χ1v) is 7.73. The van der Waals surface area contributed by atoms with Crippen LogP contribution in [0, 0.1) is 5.92 Å². The lowest BCUT2D eigenvalue weighted by molar-refractivity contribution is -0.132. The maximum absolute atomic E-state index is 12.3. The van der Waals surface area contributed by atoms with E-state index >= 15 is 0 Å². The van der Waals surface area contributed by atoms with Crippen molar-refractivity contribution in [2.75, 3.05) is 26.1 Å². The summed E-state index contributed by atoms with van der Waals surface area (Å²) < 4.78 is 5.12. The summed E-state index contributed by atoms with van der Waals surface area (Å²) >= 11 is 5.81. The van der Waals surface area contributed by atoms with Gasteiger partial charge in [0, 0.05) is 19.0 Å². The number of benzene rings is 1. The average Bonchev–Trinajstić information content (AvgIpc) is 2.48. The number of rotatable bonds is 5. The van der Waals surface area contributed by atoms with Crippen molar-refractivity contribution >= 4 is 17.5 Å². The zero-order valence-electron chi connectivity index (χ0n) is 12.0. The maximum atomic E-state index is 12.3. The summed E-state index contributed by atoms with van der Waals surface area (Å²) in [5.41, 5.74) is 1.04. The minimum atomic E-state index is 0.217. The van der Waals surface area contributed by atoms with E-state index in [-0.39, 0.29) is 5.91 Å². The highest BCUT2D eigenvalue weighted by molar-refractivity contribution is 6.17. The number of carbonyl (C=O) groups is 1. The molecule has 0 spiro atoms. The van der Waals surface area contributed by atoms with Gasteiger partial charge in [0.25, 0.3) is 0 Å². The van der Waals surface area contributed by atoms with E-state index < -0.39 is 0 Å². The third-order valence-corrected chi connectivity index (χ3v) is 4.12. The molecule has 1 fully saturated rings. The van der Waals surface area contributed by atoms with E-state index in [2.05, 4.69) is 0 Å². The lowest BCUT2D eigenvalue weighted by Gasteiger charge is -2.32. The van der Waals surface area contributed by atoms with Crippen LogP contribution in [0.3, 0.4) is 0 Å². The molecule has 0 aliphatic carbocycles. The van der Waals surface area contributed by atoms with Gasteiger partial charge < -0.3 is 9.64 Å². The van der Waals surface area contributed by atoms with Crippen LogP contribution in [0.2, 0.25) is 0 Å². The Balaban J connectivity index is 1.89. The molecule has 1 saturated heterocycles. The van der Waals surface area contributed by atoms with Gasteiger partial charge in [0.2, 0.25) is 5.91 Å². The molecule has 0 saturated carbocycles. The van der Waals surface area contributed by atoms with Gasteiger partial charge in [-0.3, -0.25) is 4.79 Å². The Labute approximate surface area is 125 Å². The van der Waals surface area contributed by atoms with E-state index in [9.17, 15) is 4.79 Å². The molecular weight excluding hydrogens is 274 g/mol. The number of methoxy groups -OCH3 is 1. The fourth-order valence-corrected chi connectivity index (χ4v) is 3.02. The van der Waals surface area contributed by atoms with Gasteiger partial charge in [-0.05, 0) is 42.9 Å². The van der Waals surface area contributed by atoms with Gasteiger partial charge in [0.1, 0.15) is 5.75 Å². The number of piperidine rings is 1. The Hall–Kier alpha value is -1.22. The second-order valence-corrected chi connectivity index (χ2v) is 5.73. The average molecular weight is 296 g/mol. The van der Waals surface area contributed by atoms with Crippen LogP contribution >= 0.6 is 11.6 Å². The predicted octanol–water partition coefficient (Wildman–Crippen LogP) is 3.11. The molecular formula is C16H22ClNO2. The smallest absolute Gasteiger partial charge is 0.226 e. The van der Waals surface area contributed by atoms with E-state index in [1.807, 2.05) is 29.2 Å². The molecule has 20 heavy (non-hydrogen) atoms. The molecule has 4 heteroatoms. The maximum Gasteiger partial charge on any atom is 0.226 e. The van der Waals surface area contributed by atoms with Crippen molar-refractivity contribution in [1.29, 1.82) is 0 Å². The lowest BCUT2D eigenvalue weighted by Crippen LogP contribution is -2.40. The molecule has 2 rings (SSSR count). The minimum Gasteiger partial charge on any atom is -0.497 e. The summed E-state index contributed by atoms with van der Waals surface area (Å²) in [5, 5.41) is 0. The number of alkyl halides is 1. The fourth-order valence-electron chi connectivity index (χ4n) is 2.71. The highest BCUT2D eigenvalue weighted by atomic mass is 35.5. The number of likely N-dealkylation sites (tertiary alicyclic amines) is 1. The molecule has 1 heterocycles. The molecule has 110 valence electrons. The van der Waals surface area contributed by atoms with Crippen LogP contribution in [0.4, 0.5) is 0 Å². The molecule has 3 nitrogen and oxygen atoms in total. The van der Waals surface area contributed by atoms with Gasteiger partial charge in [-0.2, -0.15) is 0 Å². The largest absolute Gasteiger partial charge is 0.497 e. The monoisotopic (exact) mass is 295 g/mol. The summed E-state index contributed by atoms with van der Waals surface area (Å²) in [6.07, 6.45) is 3.76. The van der Waals surface area contributed by atoms with Gasteiger partial charge in [-0.15, -0.1) is 11.6 Å². The fraction of sp³-hybridized carbons (Fsp3) is 0.562. The van der Waals surface area contributed by atoms with Crippen molar-refractivity contribution in [3.63, 3.8) is 0 Å². The van der Waals surface area contributed by atoms with Crippen molar-refractivity contribution in [3.8, 4) is 5.75 Å². The normalized spacial score (nSPS) is 18.9. The van der Waals surface area contributed by atoms with Gasteiger partial charge >= 0.3 is 0 Å². The minimum absolute atomic E-state index is 0.217. The Morgan fingerprint density at radius 2 is 2.15 bits per heavy atom. The van der Waals surface area contributed by atoms with Crippen LogP contribution in [-0.2, 0) is 11.2 Å². The summed E-state index contributed by atoms with van der Waals surface area (Å²) in [6, 6.07) is 7.71. The van der Waals surface area contributed by atoms with Crippen molar-refractivity contribution in [2.24, 2.45) is 5.92 Å². The molecule has 1 aliphatic heterocycles. The molecule has 1 aliphatic rings. The Kier molecular flexibility index (Phi) is 5.72. The van der Waals surface area contributed by atoms with Gasteiger partial charge in [0.15, 0.2) is 0 Å². The molecule has 1 aromatic carbocycles. The third kappa shape index (κ3) is 4.14. The molecule has 0 aromatic heterocycles. The molecule has 1 atom stereocenters. The molecule has 0 N–H and O–H groups in total. The lowest BCUT2D eigenvalue weighted by atomic mass is 9.95. The van der Waals surface area contributed by atoms with Crippen molar-refractivity contribution in [3.05, 3.63) is 29.8 Å². The third-order valence-electron chi connectivity index (χ3n) is 3.90. The number of nitrogens with zero attached hydrogens (tertiary/aromatic N) is 1. The van der Waals surface area contributed by atoms with Crippen LogP contribution in [-0.4, -0.2) is 36.9 Å². The van der Waals surface area contributed by atoms with Crippen LogP contribution in [0.15, 0.2) is 24.3 Å². The van der Waals surface area contributed by atoms with Crippen molar-refractivity contribution < 1.29 is 9.53 Å². The number of ether oxygens (including phenoxy) is 1.